The van der Waals surface area contributed by atoms with E-state index < -0.39 is 5.92 Å². The molecule has 0 spiro atoms. The lowest BCUT2D eigenvalue weighted by molar-refractivity contribution is 0.391. The molecule has 0 fully saturated rings. The second kappa shape index (κ2) is 5.48. The third-order valence-corrected chi connectivity index (χ3v) is 2.75. The van der Waals surface area contributed by atoms with Crippen molar-refractivity contribution in [3.63, 3.8) is 0 Å². The molecule has 2 aromatic rings. The minimum Gasteiger partial charge on any atom is -0.480 e. The van der Waals surface area contributed by atoms with Crippen LogP contribution in [0.2, 0.25) is 5.02 Å². The SMILES string of the molecule is COc1ccc(C(C#N)c2ccc(Cl)cc2)nn1. The number of halogens is 1. The smallest absolute Gasteiger partial charge is 0.233 e. The Labute approximate surface area is 110 Å². The van der Waals surface area contributed by atoms with Gasteiger partial charge in [-0.1, -0.05) is 23.7 Å². The lowest BCUT2D eigenvalue weighted by atomic mass is 9.97. The molecule has 0 saturated carbocycles. The molecule has 90 valence electrons. The van der Waals surface area contributed by atoms with Crippen molar-refractivity contribution in [3.8, 4) is 11.9 Å². The van der Waals surface area contributed by atoms with Crippen LogP contribution in [-0.2, 0) is 0 Å². The van der Waals surface area contributed by atoms with Crippen LogP contribution in [0.5, 0.6) is 5.88 Å². The van der Waals surface area contributed by atoms with Gasteiger partial charge in [0.2, 0.25) is 5.88 Å². The number of benzene rings is 1. The van der Waals surface area contributed by atoms with E-state index in [1.54, 1.807) is 24.3 Å². The van der Waals surface area contributed by atoms with Crippen LogP contribution >= 0.6 is 11.6 Å². The van der Waals surface area contributed by atoms with Crippen molar-refractivity contribution in [1.29, 1.82) is 5.26 Å². The summed E-state index contributed by atoms with van der Waals surface area (Å²) < 4.78 is 4.93. The van der Waals surface area contributed by atoms with Gasteiger partial charge in [-0.05, 0) is 23.8 Å². The van der Waals surface area contributed by atoms with Gasteiger partial charge in [-0.25, -0.2) is 0 Å². The number of methoxy groups -OCH3 is 1. The Morgan fingerprint density at radius 1 is 1.17 bits per heavy atom. The molecular weight excluding hydrogens is 250 g/mol. The first-order chi connectivity index (χ1) is 8.74. The summed E-state index contributed by atoms with van der Waals surface area (Å²) in [6.07, 6.45) is 0. The molecule has 0 aliphatic heterocycles. The largest absolute Gasteiger partial charge is 0.480 e. The first-order valence-electron chi connectivity index (χ1n) is 5.27. The number of hydrogen-bond acceptors (Lipinski definition) is 4. The molecule has 0 bridgehead atoms. The standard InChI is InChI=1S/C13H10ClN3O/c1-18-13-7-6-12(16-17-13)11(8-15)9-2-4-10(14)5-3-9/h2-7,11H,1H3. The van der Waals surface area contributed by atoms with Crippen molar-refractivity contribution in [3.05, 3.63) is 52.7 Å². The third kappa shape index (κ3) is 2.58. The van der Waals surface area contributed by atoms with E-state index in [0.717, 1.165) is 5.56 Å². The average Bonchev–Trinajstić information content (AvgIpc) is 2.42. The van der Waals surface area contributed by atoms with Gasteiger partial charge < -0.3 is 4.74 Å². The maximum absolute atomic E-state index is 9.25. The molecule has 0 saturated heterocycles. The molecule has 0 aliphatic rings. The highest BCUT2D eigenvalue weighted by Gasteiger charge is 2.15. The number of nitriles is 1. The molecule has 0 aliphatic carbocycles. The number of aromatic nitrogens is 2. The van der Waals surface area contributed by atoms with Gasteiger partial charge in [0.1, 0.15) is 5.92 Å². The van der Waals surface area contributed by atoms with E-state index in [1.165, 1.54) is 7.11 Å². The molecule has 4 nitrogen and oxygen atoms in total. The second-order valence-corrected chi connectivity index (χ2v) is 4.05. The molecule has 18 heavy (non-hydrogen) atoms. The van der Waals surface area contributed by atoms with Crippen LogP contribution in [0, 0.1) is 11.3 Å². The van der Waals surface area contributed by atoms with Crippen molar-refractivity contribution < 1.29 is 4.74 Å². The van der Waals surface area contributed by atoms with Crippen molar-refractivity contribution >= 4 is 11.6 Å². The molecule has 1 unspecified atom stereocenters. The summed E-state index contributed by atoms with van der Waals surface area (Å²) in [5, 5.41) is 17.7. The van der Waals surface area contributed by atoms with Gasteiger partial charge in [0, 0.05) is 11.1 Å². The first-order valence-corrected chi connectivity index (χ1v) is 5.65. The fourth-order valence-corrected chi connectivity index (χ4v) is 1.69. The Bertz CT molecular complexity index is 560. The number of rotatable bonds is 3. The summed E-state index contributed by atoms with van der Waals surface area (Å²) in [4.78, 5) is 0. The molecular formula is C13H10ClN3O. The van der Waals surface area contributed by atoms with Crippen LogP contribution in [0.25, 0.3) is 0 Å². The first kappa shape index (κ1) is 12.3. The normalized spacial score (nSPS) is 11.6. The second-order valence-electron chi connectivity index (χ2n) is 3.61. The average molecular weight is 260 g/mol. The fourth-order valence-electron chi connectivity index (χ4n) is 1.56. The number of ether oxygens (including phenoxy) is 1. The molecule has 0 radical (unpaired) electrons. The molecule has 1 heterocycles. The Morgan fingerprint density at radius 3 is 2.39 bits per heavy atom. The van der Waals surface area contributed by atoms with E-state index in [2.05, 4.69) is 16.3 Å². The predicted octanol–water partition coefficient (Wildman–Crippen LogP) is 2.79. The van der Waals surface area contributed by atoms with Crippen molar-refractivity contribution in [1.82, 2.24) is 10.2 Å². The third-order valence-electron chi connectivity index (χ3n) is 2.50. The van der Waals surface area contributed by atoms with E-state index >= 15 is 0 Å². The van der Waals surface area contributed by atoms with Gasteiger partial charge in [-0.3, -0.25) is 0 Å². The molecule has 5 heteroatoms. The predicted molar refractivity (Wildman–Crippen MR) is 67.5 cm³/mol. The van der Waals surface area contributed by atoms with Crippen LogP contribution in [0.15, 0.2) is 36.4 Å². The summed E-state index contributed by atoms with van der Waals surface area (Å²) in [7, 11) is 1.52. The maximum Gasteiger partial charge on any atom is 0.233 e. The summed E-state index contributed by atoms with van der Waals surface area (Å²) in [6, 6.07) is 12.7. The fraction of sp³-hybridized carbons (Fsp3) is 0.154. The highest BCUT2D eigenvalue weighted by atomic mass is 35.5. The highest BCUT2D eigenvalue weighted by molar-refractivity contribution is 6.30. The Morgan fingerprint density at radius 2 is 1.89 bits per heavy atom. The number of nitrogens with zero attached hydrogens (tertiary/aromatic N) is 3. The topological polar surface area (TPSA) is 58.8 Å². The molecule has 1 atom stereocenters. The van der Waals surface area contributed by atoms with Crippen molar-refractivity contribution in [2.24, 2.45) is 0 Å². The van der Waals surface area contributed by atoms with E-state index in [1.807, 2.05) is 12.1 Å². The highest BCUT2D eigenvalue weighted by Crippen LogP contribution is 2.24. The summed E-state index contributed by atoms with van der Waals surface area (Å²) in [5.74, 6) is -0.0350. The van der Waals surface area contributed by atoms with Gasteiger partial charge in [-0.15, -0.1) is 5.10 Å². The van der Waals surface area contributed by atoms with Crippen molar-refractivity contribution in [2.75, 3.05) is 7.11 Å². The van der Waals surface area contributed by atoms with Gasteiger partial charge in [0.15, 0.2) is 0 Å². The molecule has 0 N–H and O–H groups in total. The molecule has 0 amide bonds. The maximum atomic E-state index is 9.25. The zero-order chi connectivity index (χ0) is 13.0. The minimum absolute atomic E-state index is 0.423. The Kier molecular flexibility index (Phi) is 3.75. The minimum atomic E-state index is -0.458. The summed E-state index contributed by atoms with van der Waals surface area (Å²) in [6.45, 7) is 0. The van der Waals surface area contributed by atoms with E-state index in [4.69, 9.17) is 16.3 Å². The molecule has 1 aromatic heterocycles. The van der Waals surface area contributed by atoms with Crippen LogP contribution in [0.3, 0.4) is 0 Å². The van der Waals surface area contributed by atoms with Crippen LogP contribution in [0.1, 0.15) is 17.2 Å². The Hall–Kier alpha value is -2.12. The van der Waals surface area contributed by atoms with Gasteiger partial charge in [0.05, 0.1) is 18.9 Å². The summed E-state index contributed by atoms with van der Waals surface area (Å²) >= 11 is 5.82. The van der Waals surface area contributed by atoms with Gasteiger partial charge in [-0.2, -0.15) is 10.4 Å². The zero-order valence-electron chi connectivity index (χ0n) is 9.67. The van der Waals surface area contributed by atoms with E-state index in [-0.39, 0.29) is 0 Å². The molecule has 2 rings (SSSR count). The van der Waals surface area contributed by atoms with E-state index in [9.17, 15) is 5.26 Å². The summed E-state index contributed by atoms with van der Waals surface area (Å²) in [5.41, 5.74) is 1.42. The van der Waals surface area contributed by atoms with Crippen LogP contribution in [0.4, 0.5) is 0 Å². The lowest BCUT2D eigenvalue weighted by Crippen LogP contribution is -2.03. The Balaban J connectivity index is 2.33. The molecule has 1 aromatic carbocycles. The zero-order valence-corrected chi connectivity index (χ0v) is 10.4. The van der Waals surface area contributed by atoms with E-state index in [0.29, 0.717) is 16.6 Å². The van der Waals surface area contributed by atoms with Crippen LogP contribution in [-0.4, -0.2) is 17.3 Å². The number of hydrogen-bond donors (Lipinski definition) is 0. The van der Waals surface area contributed by atoms with Gasteiger partial charge in [0.25, 0.3) is 0 Å². The van der Waals surface area contributed by atoms with Crippen molar-refractivity contribution in [2.45, 2.75) is 5.92 Å². The lowest BCUT2D eigenvalue weighted by Gasteiger charge is -2.08. The van der Waals surface area contributed by atoms with Gasteiger partial charge >= 0.3 is 0 Å². The quantitative estimate of drug-likeness (QED) is 0.850. The monoisotopic (exact) mass is 259 g/mol. The van der Waals surface area contributed by atoms with Crippen LogP contribution < -0.4 is 4.74 Å².